The minimum Gasteiger partial charge on any atom is -0.427 e. The summed E-state index contributed by atoms with van der Waals surface area (Å²) in [6.07, 6.45) is 0. The molecule has 128 valence electrons. The Morgan fingerprint density at radius 2 is 1.46 bits per heavy atom. The number of hydrogen-bond donors (Lipinski definition) is 1. The van der Waals surface area contributed by atoms with Crippen LogP contribution in [0, 0.1) is 0 Å². The van der Waals surface area contributed by atoms with E-state index in [0.29, 0.717) is 17.1 Å². The summed E-state index contributed by atoms with van der Waals surface area (Å²) in [5.41, 5.74) is 2.39. The molecule has 0 aliphatic rings. The van der Waals surface area contributed by atoms with E-state index in [-0.39, 0.29) is 0 Å². The predicted octanol–water partition coefficient (Wildman–Crippen LogP) is 4.47. The van der Waals surface area contributed by atoms with Gasteiger partial charge in [0.15, 0.2) is 0 Å². The van der Waals surface area contributed by atoms with Crippen LogP contribution in [0.2, 0.25) is 0 Å². The molecule has 5 heteroatoms. The van der Waals surface area contributed by atoms with E-state index in [1.165, 1.54) is 6.92 Å². The summed E-state index contributed by atoms with van der Waals surface area (Å²) in [7, 11) is 0. The summed E-state index contributed by atoms with van der Waals surface area (Å²) < 4.78 is 10.4. The fourth-order valence-electron chi connectivity index (χ4n) is 2.88. The van der Waals surface area contributed by atoms with Crippen molar-refractivity contribution < 1.29 is 19.1 Å². The molecule has 3 aromatic carbocycles. The van der Waals surface area contributed by atoms with Crippen LogP contribution in [0.15, 0.2) is 66.7 Å². The first-order chi connectivity index (χ1) is 12.6. The van der Waals surface area contributed by atoms with E-state index in [0.717, 1.165) is 21.8 Å². The largest absolute Gasteiger partial charge is 0.427 e. The zero-order chi connectivity index (χ0) is 18.1. The highest BCUT2D eigenvalue weighted by Crippen LogP contribution is 2.29. The smallest absolute Gasteiger partial charge is 0.343 e. The second-order valence-electron chi connectivity index (χ2n) is 5.89. The average molecular weight is 345 g/mol. The van der Waals surface area contributed by atoms with E-state index in [1.54, 1.807) is 30.3 Å². The molecular formula is C21H15NO4. The molecule has 1 N–H and O–H groups in total. The molecule has 1 heterocycles. The Bertz CT molecular complexity index is 1130. The lowest BCUT2D eigenvalue weighted by Gasteiger charge is -2.06. The van der Waals surface area contributed by atoms with Crippen LogP contribution in [-0.4, -0.2) is 16.9 Å². The number of aromatic amines is 1. The first kappa shape index (κ1) is 15.9. The predicted molar refractivity (Wildman–Crippen MR) is 98.5 cm³/mol. The molecule has 0 amide bonds. The van der Waals surface area contributed by atoms with Gasteiger partial charge in [-0.2, -0.15) is 0 Å². The third kappa shape index (κ3) is 3.02. The first-order valence-corrected chi connectivity index (χ1v) is 8.11. The Balaban J connectivity index is 1.59. The van der Waals surface area contributed by atoms with Crippen molar-refractivity contribution in [3.63, 3.8) is 0 Å². The van der Waals surface area contributed by atoms with Gasteiger partial charge in [-0.25, -0.2) is 4.79 Å². The highest BCUT2D eigenvalue weighted by Gasteiger charge is 2.11. The number of carbonyl (C=O) groups is 2. The molecule has 0 radical (unpaired) electrons. The van der Waals surface area contributed by atoms with Crippen LogP contribution < -0.4 is 9.47 Å². The van der Waals surface area contributed by atoms with E-state index in [4.69, 9.17) is 9.47 Å². The molecule has 0 bridgehead atoms. The van der Waals surface area contributed by atoms with Crippen LogP contribution in [0.1, 0.15) is 17.3 Å². The molecule has 1 aromatic heterocycles. The van der Waals surface area contributed by atoms with Gasteiger partial charge in [0.05, 0.1) is 5.56 Å². The fourth-order valence-corrected chi connectivity index (χ4v) is 2.88. The van der Waals surface area contributed by atoms with Crippen molar-refractivity contribution in [3.8, 4) is 11.5 Å². The van der Waals surface area contributed by atoms with E-state index >= 15 is 0 Å². The number of ether oxygens (including phenoxy) is 2. The van der Waals surface area contributed by atoms with Crippen molar-refractivity contribution in [1.82, 2.24) is 4.98 Å². The molecule has 0 saturated carbocycles. The summed E-state index contributed by atoms with van der Waals surface area (Å²) >= 11 is 0. The van der Waals surface area contributed by atoms with Gasteiger partial charge >= 0.3 is 11.9 Å². The van der Waals surface area contributed by atoms with Gasteiger partial charge in [0.2, 0.25) is 0 Å². The zero-order valence-corrected chi connectivity index (χ0v) is 14.0. The van der Waals surface area contributed by atoms with Crippen LogP contribution in [0.25, 0.3) is 21.8 Å². The third-order valence-corrected chi connectivity index (χ3v) is 4.04. The lowest BCUT2D eigenvalue weighted by Crippen LogP contribution is -2.08. The topological polar surface area (TPSA) is 68.4 Å². The number of H-pyrrole nitrogens is 1. The van der Waals surface area contributed by atoms with Crippen molar-refractivity contribution >= 4 is 33.7 Å². The molecular weight excluding hydrogens is 330 g/mol. The number of fused-ring (bicyclic) bond motifs is 3. The van der Waals surface area contributed by atoms with Crippen LogP contribution >= 0.6 is 0 Å². The minimum atomic E-state index is -0.474. The lowest BCUT2D eigenvalue weighted by atomic mass is 10.1. The molecule has 4 rings (SSSR count). The van der Waals surface area contributed by atoms with Gasteiger partial charge in [-0.1, -0.05) is 18.2 Å². The fraction of sp³-hybridized carbons (Fsp3) is 0.0476. The maximum atomic E-state index is 12.3. The number of carbonyl (C=O) groups excluding carboxylic acids is 2. The van der Waals surface area contributed by atoms with Gasteiger partial charge < -0.3 is 14.5 Å². The lowest BCUT2D eigenvalue weighted by molar-refractivity contribution is -0.131. The Morgan fingerprint density at radius 1 is 0.769 bits per heavy atom. The van der Waals surface area contributed by atoms with Gasteiger partial charge in [-0.15, -0.1) is 0 Å². The number of esters is 2. The number of aromatic nitrogens is 1. The summed E-state index contributed by atoms with van der Waals surface area (Å²) in [5, 5.41) is 2.07. The van der Waals surface area contributed by atoms with Gasteiger partial charge in [0, 0.05) is 28.7 Å². The van der Waals surface area contributed by atoms with Crippen molar-refractivity contribution in [2.45, 2.75) is 6.92 Å². The maximum absolute atomic E-state index is 12.3. The molecule has 0 unspecified atom stereocenters. The number of para-hydroxylation sites is 1. The molecule has 0 atom stereocenters. The Kier molecular flexibility index (Phi) is 3.89. The summed E-state index contributed by atoms with van der Waals surface area (Å²) in [6.45, 7) is 1.32. The number of nitrogens with one attached hydrogen (secondary N) is 1. The van der Waals surface area contributed by atoms with Crippen LogP contribution in [0.3, 0.4) is 0 Å². The summed E-state index contributed by atoms with van der Waals surface area (Å²) in [4.78, 5) is 26.6. The molecule has 0 saturated heterocycles. The highest BCUT2D eigenvalue weighted by atomic mass is 16.5. The number of hydrogen-bond acceptors (Lipinski definition) is 4. The normalized spacial score (nSPS) is 10.8. The molecule has 0 aliphatic carbocycles. The molecule has 0 spiro atoms. The standard InChI is InChI=1S/C21H15NO4/c1-13(23)25-15-8-6-14(7-9-15)21(24)26-16-10-11-20-18(12-16)17-4-2-3-5-19(17)22-20/h2-12,22H,1H3. The molecule has 4 aromatic rings. The Labute approximate surface area is 149 Å². The van der Waals surface area contributed by atoms with E-state index in [9.17, 15) is 9.59 Å². The quantitative estimate of drug-likeness (QED) is 0.439. The highest BCUT2D eigenvalue weighted by molar-refractivity contribution is 6.07. The average Bonchev–Trinajstić information content (AvgIpc) is 3.00. The first-order valence-electron chi connectivity index (χ1n) is 8.11. The Hall–Kier alpha value is -3.60. The number of benzene rings is 3. The van der Waals surface area contributed by atoms with Gasteiger partial charge in [-0.05, 0) is 48.5 Å². The second kappa shape index (κ2) is 6.37. The zero-order valence-electron chi connectivity index (χ0n) is 14.0. The molecule has 0 aliphatic heterocycles. The van der Waals surface area contributed by atoms with Crippen molar-refractivity contribution in [3.05, 3.63) is 72.3 Å². The van der Waals surface area contributed by atoms with Crippen LogP contribution in [0.5, 0.6) is 11.5 Å². The molecule has 5 nitrogen and oxygen atoms in total. The van der Waals surface area contributed by atoms with Crippen molar-refractivity contribution in [2.24, 2.45) is 0 Å². The Morgan fingerprint density at radius 3 is 2.23 bits per heavy atom. The summed E-state index contributed by atoms with van der Waals surface area (Å²) in [6, 6.07) is 19.7. The van der Waals surface area contributed by atoms with E-state index < -0.39 is 11.9 Å². The van der Waals surface area contributed by atoms with Crippen LogP contribution in [-0.2, 0) is 4.79 Å². The van der Waals surface area contributed by atoms with Gasteiger partial charge in [0.1, 0.15) is 11.5 Å². The molecule has 0 fully saturated rings. The van der Waals surface area contributed by atoms with Crippen LogP contribution in [0.4, 0.5) is 0 Å². The molecule has 26 heavy (non-hydrogen) atoms. The number of rotatable bonds is 3. The third-order valence-electron chi connectivity index (χ3n) is 4.04. The van der Waals surface area contributed by atoms with Crippen molar-refractivity contribution in [2.75, 3.05) is 0 Å². The van der Waals surface area contributed by atoms with Crippen molar-refractivity contribution in [1.29, 1.82) is 0 Å². The van der Waals surface area contributed by atoms with Gasteiger partial charge in [0.25, 0.3) is 0 Å². The van der Waals surface area contributed by atoms with E-state index in [1.807, 2.05) is 36.4 Å². The van der Waals surface area contributed by atoms with E-state index in [2.05, 4.69) is 4.98 Å². The summed E-state index contributed by atoms with van der Waals surface area (Å²) in [5.74, 6) is -0.0310. The second-order valence-corrected chi connectivity index (χ2v) is 5.89. The van der Waals surface area contributed by atoms with Gasteiger partial charge in [-0.3, -0.25) is 4.79 Å². The minimum absolute atomic E-state index is 0.375. The monoisotopic (exact) mass is 345 g/mol. The maximum Gasteiger partial charge on any atom is 0.343 e. The SMILES string of the molecule is CC(=O)Oc1ccc(C(=O)Oc2ccc3[nH]c4ccccc4c3c2)cc1.